The normalized spacial score (nSPS) is 11.8. The fourth-order valence-corrected chi connectivity index (χ4v) is 2.02. The number of halogens is 3. The number of alkyl halides is 3. The predicted molar refractivity (Wildman–Crippen MR) is 70.6 cm³/mol. The number of nitrogens with one attached hydrogen (secondary N) is 1. The highest BCUT2D eigenvalue weighted by atomic mass is 19.4. The Morgan fingerprint density at radius 3 is 2.57 bits per heavy atom. The lowest BCUT2D eigenvalue weighted by Gasteiger charge is -2.11. The van der Waals surface area contributed by atoms with Gasteiger partial charge in [-0.3, -0.25) is 9.78 Å². The third kappa shape index (κ3) is 2.37. The second-order valence-electron chi connectivity index (χ2n) is 4.33. The van der Waals surface area contributed by atoms with Gasteiger partial charge in [0.05, 0.1) is 16.5 Å². The van der Waals surface area contributed by atoms with E-state index in [-0.39, 0.29) is 5.82 Å². The summed E-state index contributed by atoms with van der Waals surface area (Å²) in [5, 5.41) is 0.311. The summed E-state index contributed by atoms with van der Waals surface area (Å²) in [5.74, 6) is -0.202. The molecular weight excluding hydrogens is 283 g/mol. The van der Waals surface area contributed by atoms with Crippen molar-refractivity contribution in [2.45, 2.75) is 6.18 Å². The zero-order valence-electron chi connectivity index (χ0n) is 10.5. The summed E-state index contributed by atoms with van der Waals surface area (Å²) in [4.78, 5) is 22.1. The maximum atomic E-state index is 13.0. The number of nitrogens with zero attached hydrogens (tertiary/aromatic N) is 2. The summed E-state index contributed by atoms with van der Waals surface area (Å²) in [6.07, 6.45) is -3.35. The standard InChI is InChI=1S/C14H8F3N3O/c15-14(16,17)9-5-3-7-18-11(9)12-19-10-6-2-1-4-8(10)13(21)20-12/h1-7H,(H,19,20,21). The van der Waals surface area contributed by atoms with Crippen molar-refractivity contribution in [1.29, 1.82) is 0 Å². The maximum absolute atomic E-state index is 13.0. The maximum Gasteiger partial charge on any atom is 0.418 e. The van der Waals surface area contributed by atoms with E-state index < -0.39 is 23.0 Å². The summed E-state index contributed by atoms with van der Waals surface area (Å²) in [6.45, 7) is 0. The molecule has 2 aromatic heterocycles. The lowest BCUT2D eigenvalue weighted by atomic mass is 10.1. The number of rotatable bonds is 1. The van der Waals surface area contributed by atoms with Gasteiger partial charge in [-0.15, -0.1) is 0 Å². The monoisotopic (exact) mass is 291 g/mol. The van der Waals surface area contributed by atoms with E-state index in [1.54, 1.807) is 24.3 Å². The first-order valence-corrected chi connectivity index (χ1v) is 5.98. The van der Waals surface area contributed by atoms with Gasteiger partial charge in [0, 0.05) is 6.20 Å². The molecule has 0 amide bonds. The fraction of sp³-hybridized carbons (Fsp3) is 0.0714. The van der Waals surface area contributed by atoms with Gasteiger partial charge in [0.1, 0.15) is 5.69 Å². The molecule has 3 rings (SSSR count). The Hall–Kier alpha value is -2.70. The molecule has 0 fully saturated rings. The molecule has 0 aliphatic carbocycles. The van der Waals surface area contributed by atoms with Gasteiger partial charge in [-0.1, -0.05) is 12.1 Å². The largest absolute Gasteiger partial charge is 0.418 e. The highest BCUT2D eigenvalue weighted by Gasteiger charge is 2.35. The number of H-pyrrole nitrogens is 1. The van der Waals surface area contributed by atoms with E-state index in [1.165, 1.54) is 12.3 Å². The Bertz CT molecular complexity index is 871. The first kappa shape index (κ1) is 13.3. The van der Waals surface area contributed by atoms with E-state index >= 15 is 0 Å². The Labute approximate surface area is 116 Å². The molecule has 4 nitrogen and oxygen atoms in total. The summed E-state index contributed by atoms with van der Waals surface area (Å²) >= 11 is 0. The van der Waals surface area contributed by atoms with Gasteiger partial charge < -0.3 is 4.98 Å². The smallest absolute Gasteiger partial charge is 0.305 e. The summed E-state index contributed by atoms with van der Waals surface area (Å²) in [5.41, 5.74) is -1.53. The van der Waals surface area contributed by atoms with Crippen molar-refractivity contribution in [2.75, 3.05) is 0 Å². The van der Waals surface area contributed by atoms with Crippen LogP contribution in [0.1, 0.15) is 5.56 Å². The van der Waals surface area contributed by atoms with E-state index in [9.17, 15) is 18.0 Å². The summed E-state index contributed by atoms with van der Waals surface area (Å²) in [7, 11) is 0. The topological polar surface area (TPSA) is 58.6 Å². The van der Waals surface area contributed by atoms with Gasteiger partial charge in [-0.05, 0) is 24.3 Å². The number of fused-ring (bicyclic) bond motifs is 1. The van der Waals surface area contributed by atoms with Crippen LogP contribution < -0.4 is 5.56 Å². The molecule has 7 heteroatoms. The second kappa shape index (κ2) is 4.69. The van der Waals surface area contributed by atoms with Crippen molar-refractivity contribution in [3.63, 3.8) is 0 Å². The zero-order chi connectivity index (χ0) is 15.0. The van der Waals surface area contributed by atoms with Gasteiger partial charge in [0.15, 0.2) is 5.82 Å². The molecule has 1 N–H and O–H groups in total. The number of para-hydroxylation sites is 1. The lowest BCUT2D eigenvalue weighted by molar-refractivity contribution is -0.137. The van der Waals surface area contributed by atoms with Crippen LogP contribution in [-0.2, 0) is 6.18 Å². The van der Waals surface area contributed by atoms with Crippen LogP contribution in [-0.4, -0.2) is 15.0 Å². The molecular formula is C14H8F3N3O. The van der Waals surface area contributed by atoms with Gasteiger partial charge >= 0.3 is 6.18 Å². The summed E-state index contributed by atoms with van der Waals surface area (Å²) < 4.78 is 39.0. The molecule has 0 radical (unpaired) electrons. The fourth-order valence-electron chi connectivity index (χ4n) is 2.02. The Morgan fingerprint density at radius 1 is 1.05 bits per heavy atom. The van der Waals surface area contributed by atoms with Crippen LogP contribution >= 0.6 is 0 Å². The number of aromatic nitrogens is 3. The first-order chi connectivity index (χ1) is 9.97. The lowest BCUT2D eigenvalue weighted by Crippen LogP contribution is -2.13. The molecule has 0 aliphatic rings. The molecule has 0 aliphatic heterocycles. The van der Waals surface area contributed by atoms with Crippen LogP contribution in [0.5, 0.6) is 0 Å². The zero-order valence-corrected chi connectivity index (χ0v) is 10.5. The molecule has 0 saturated carbocycles. The minimum Gasteiger partial charge on any atom is -0.305 e. The molecule has 0 spiro atoms. The number of pyridine rings is 1. The number of hydrogen-bond donors (Lipinski definition) is 1. The van der Waals surface area contributed by atoms with E-state index in [4.69, 9.17) is 0 Å². The van der Waals surface area contributed by atoms with Crippen molar-refractivity contribution >= 4 is 10.9 Å². The number of aromatic amines is 1. The van der Waals surface area contributed by atoms with Gasteiger partial charge in [0.2, 0.25) is 0 Å². The van der Waals surface area contributed by atoms with Crippen LogP contribution in [0.4, 0.5) is 13.2 Å². The average Bonchev–Trinajstić information content (AvgIpc) is 2.46. The molecule has 0 bridgehead atoms. The SMILES string of the molecule is O=c1[nH]c(-c2ncccc2C(F)(F)F)nc2ccccc12. The molecule has 0 unspecified atom stereocenters. The van der Waals surface area contributed by atoms with Gasteiger partial charge in [0.25, 0.3) is 5.56 Å². The Morgan fingerprint density at radius 2 is 1.81 bits per heavy atom. The predicted octanol–water partition coefficient (Wildman–Crippen LogP) is 3.00. The minimum absolute atomic E-state index is 0.202. The van der Waals surface area contributed by atoms with E-state index in [2.05, 4.69) is 15.0 Å². The highest BCUT2D eigenvalue weighted by Crippen LogP contribution is 2.34. The molecule has 1 aromatic carbocycles. The quantitative estimate of drug-likeness (QED) is 0.749. The second-order valence-corrected chi connectivity index (χ2v) is 4.33. The third-order valence-corrected chi connectivity index (χ3v) is 2.95. The van der Waals surface area contributed by atoms with Crippen molar-refractivity contribution in [1.82, 2.24) is 15.0 Å². The van der Waals surface area contributed by atoms with Crippen LogP contribution in [0.2, 0.25) is 0 Å². The molecule has 2 heterocycles. The van der Waals surface area contributed by atoms with Crippen molar-refractivity contribution in [3.05, 3.63) is 58.5 Å². The van der Waals surface area contributed by atoms with E-state index in [0.29, 0.717) is 10.9 Å². The first-order valence-electron chi connectivity index (χ1n) is 5.98. The molecule has 0 atom stereocenters. The molecule has 0 saturated heterocycles. The van der Waals surface area contributed by atoms with Crippen LogP contribution in [0.15, 0.2) is 47.4 Å². The van der Waals surface area contributed by atoms with Crippen LogP contribution in [0.25, 0.3) is 22.4 Å². The highest BCUT2D eigenvalue weighted by molar-refractivity contribution is 5.79. The minimum atomic E-state index is -4.58. The molecule has 3 aromatic rings. The average molecular weight is 291 g/mol. The third-order valence-electron chi connectivity index (χ3n) is 2.95. The van der Waals surface area contributed by atoms with E-state index in [0.717, 1.165) is 6.07 Å². The number of hydrogen-bond acceptors (Lipinski definition) is 3. The van der Waals surface area contributed by atoms with Crippen molar-refractivity contribution < 1.29 is 13.2 Å². The van der Waals surface area contributed by atoms with Gasteiger partial charge in [-0.25, -0.2) is 4.98 Å². The van der Waals surface area contributed by atoms with Crippen molar-refractivity contribution in [3.8, 4) is 11.5 Å². The number of benzene rings is 1. The van der Waals surface area contributed by atoms with Gasteiger partial charge in [-0.2, -0.15) is 13.2 Å². The molecule has 21 heavy (non-hydrogen) atoms. The van der Waals surface area contributed by atoms with Crippen molar-refractivity contribution in [2.24, 2.45) is 0 Å². The van der Waals surface area contributed by atoms with E-state index in [1.807, 2.05) is 0 Å². The Balaban J connectivity index is 2.29. The van der Waals surface area contributed by atoms with Crippen LogP contribution in [0, 0.1) is 0 Å². The van der Waals surface area contributed by atoms with Crippen LogP contribution in [0.3, 0.4) is 0 Å². The molecule has 106 valence electrons. The summed E-state index contributed by atoms with van der Waals surface area (Å²) in [6, 6.07) is 8.50. The Kier molecular flexibility index (Phi) is 2.97.